The first-order valence-electron chi connectivity index (χ1n) is 11.2. The van der Waals surface area contributed by atoms with Crippen LogP contribution in [0.4, 0.5) is 0 Å². The molecule has 4 rings (SSSR count). The van der Waals surface area contributed by atoms with Gasteiger partial charge in [-0.25, -0.2) is 4.79 Å². The fourth-order valence-corrected chi connectivity index (χ4v) is 4.12. The number of benzene rings is 2. The number of nitrogens with one attached hydrogen (secondary N) is 1. The van der Waals surface area contributed by atoms with Crippen LogP contribution in [0.2, 0.25) is 0 Å². The lowest BCUT2D eigenvalue weighted by molar-refractivity contribution is -0.142. The standard InChI is InChI=1S/C27H25N3O5/c1-27(2)16-35-26(34)24(27)29-25(33)22(13-23(31)32)20-11-12-30(15-20)21-9-7-19(8-10-21)18-5-3-17(14-28)4-6-18/h3-12,15,22,24H,13,16H2,1-2H3,(H,29,33)(H,31,32)/t22?,24-/m1/s1. The van der Waals surface area contributed by atoms with Crippen molar-refractivity contribution in [3.8, 4) is 22.9 Å². The zero-order chi connectivity index (χ0) is 25.2. The van der Waals surface area contributed by atoms with E-state index in [1.165, 1.54) is 0 Å². The number of aromatic nitrogens is 1. The topological polar surface area (TPSA) is 121 Å². The maximum absolute atomic E-state index is 13.0. The van der Waals surface area contributed by atoms with Crippen LogP contribution in [0.15, 0.2) is 67.0 Å². The number of cyclic esters (lactones) is 1. The Balaban J connectivity index is 1.54. The number of hydrogen-bond acceptors (Lipinski definition) is 5. The third kappa shape index (κ3) is 5.09. The maximum Gasteiger partial charge on any atom is 0.329 e. The van der Waals surface area contributed by atoms with Gasteiger partial charge in [-0.15, -0.1) is 0 Å². The van der Waals surface area contributed by atoms with Crippen LogP contribution in [0, 0.1) is 16.7 Å². The number of rotatable bonds is 7. The molecule has 0 radical (unpaired) electrons. The summed E-state index contributed by atoms with van der Waals surface area (Å²) in [6.07, 6.45) is 3.08. The minimum Gasteiger partial charge on any atom is -0.481 e. The molecule has 1 aliphatic rings. The van der Waals surface area contributed by atoms with Crippen LogP contribution in [0.5, 0.6) is 0 Å². The van der Waals surface area contributed by atoms with Gasteiger partial charge in [0.05, 0.1) is 30.6 Å². The van der Waals surface area contributed by atoms with Gasteiger partial charge in [0.15, 0.2) is 0 Å². The molecule has 0 aliphatic carbocycles. The highest BCUT2D eigenvalue weighted by molar-refractivity contribution is 5.92. The fourth-order valence-electron chi connectivity index (χ4n) is 4.12. The molecule has 1 aliphatic heterocycles. The summed E-state index contributed by atoms with van der Waals surface area (Å²) in [5.74, 6) is -3.12. The van der Waals surface area contributed by atoms with Gasteiger partial charge in [-0.3, -0.25) is 9.59 Å². The summed E-state index contributed by atoms with van der Waals surface area (Å²) in [5, 5.41) is 21.1. The smallest absolute Gasteiger partial charge is 0.329 e. The minimum atomic E-state index is -1.11. The van der Waals surface area contributed by atoms with Crippen LogP contribution >= 0.6 is 0 Å². The third-order valence-corrected chi connectivity index (χ3v) is 6.22. The molecule has 2 aromatic carbocycles. The molecule has 1 saturated heterocycles. The molecule has 3 aromatic rings. The van der Waals surface area contributed by atoms with Crippen LogP contribution in [0.3, 0.4) is 0 Å². The molecule has 2 atom stereocenters. The zero-order valence-corrected chi connectivity index (χ0v) is 19.4. The number of hydrogen-bond donors (Lipinski definition) is 2. The van der Waals surface area contributed by atoms with E-state index in [1.54, 1.807) is 30.6 Å². The quantitative estimate of drug-likeness (QED) is 0.508. The Hall–Kier alpha value is -4.38. The first-order chi connectivity index (χ1) is 16.7. The van der Waals surface area contributed by atoms with Gasteiger partial charge in [0, 0.05) is 23.5 Å². The van der Waals surface area contributed by atoms with E-state index >= 15 is 0 Å². The van der Waals surface area contributed by atoms with Gasteiger partial charge in [0.25, 0.3) is 0 Å². The summed E-state index contributed by atoms with van der Waals surface area (Å²) in [6.45, 7) is 3.81. The number of carboxylic acid groups (broad SMARTS) is 1. The van der Waals surface area contributed by atoms with Crippen molar-refractivity contribution in [2.75, 3.05) is 6.61 Å². The van der Waals surface area contributed by atoms with Crippen molar-refractivity contribution >= 4 is 17.8 Å². The molecular weight excluding hydrogens is 446 g/mol. The van der Waals surface area contributed by atoms with Crippen molar-refractivity contribution in [1.82, 2.24) is 9.88 Å². The fraction of sp³-hybridized carbons (Fsp3) is 0.259. The molecule has 2 N–H and O–H groups in total. The van der Waals surface area contributed by atoms with Crippen molar-refractivity contribution in [2.45, 2.75) is 32.2 Å². The highest BCUT2D eigenvalue weighted by Gasteiger charge is 2.45. The molecule has 8 nitrogen and oxygen atoms in total. The number of esters is 1. The molecule has 1 aromatic heterocycles. The van der Waals surface area contributed by atoms with E-state index in [0.717, 1.165) is 16.8 Å². The molecule has 1 unspecified atom stereocenters. The van der Waals surface area contributed by atoms with Gasteiger partial charge in [-0.1, -0.05) is 38.1 Å². The summed E-state index contributed by atoms with van der Waals surface area (Å²) >= 11 is 0. The molecule has 178 valence electrons. The number of carbonyl (C=O) groups is 3. The lowest BCUT2D eigenvalue weighted by atomic mass is 9.86. The van der Waals surface area contributed by atoms with Crippen molar-refractivity contribution in [1.29, 1.82) is 5.26 Å². The lowest BCUT2D eigenvalue weighted by Gasteiger charge is -2.24. The summed E-state index contributed by atoms with van der Waals surface area (Å²) in [5.41, 5.74) is 3.35. The average molecular weight is 472 g/mol. The van der Waals surface area contributed by atoms with E-state index in [-0.39, 0.29) is 6.61 Å². The van der Waals surface area contributed by atoms with Crippen LogP contribution < -0.4 is 5.32 Å². The van der Waals surface area contributed by atoms with E-state index in [0.29, 0.717) is 11.1 Å². The normalized spacial score (nSPS) is 17.3. The van der Waals surface area contributed by atoms with E-state index < -0.39 is 41.6 Å². The van der Waals surface area contributed by atoms with Crippen molar-refractivity contribution in [2.24, 2.45) is 5.41 Å². The molecule has 0 bridgehead atoms. The summed E-state index contributed by atoms with van der Waals surface area (Å²) in [4.78, 5) is 36.6. The van der Waals surface area contributed by atoms with E-state index in [9.17, 15) is 19.5 Å². The summed E-state index contributed by atoms with van der Waals surface area (Å²) < 4.78 is 6.89. The van der Waals surface area contributed by atoms with Crippen molar-refractivity contribution < 1.29 is 24.2 Å². The highest BCUT2D eigenvalue weighted by atomic mass is 16.5. The Labute approximate surface area is 202 Å². The second-order valence-electron chi connectivity index (χ2n) is 9.28. The number of nitrogens with zero attached hydrogens (tertiary/aromatic N) is 2. The molecule has 1 amide bonds. The molecule has 8 heteroatoms. The maximum atomic E-state index is 13.0. The number of nitriles is 1. The van der Waals surface area contributed by atoms with E-state index in [2.05, 4.69) is 11.4 Å². The Morgan fingerprint density at radius 1 is 1.14 bits per heavy atom. The van der Waals surface area contributed by atoms with Crippen LogP contribution in [-0.2, 0) is 19.1 Å². The Morgan fingerprint density at radius 3 is 2.31 bits per heavy atom. The van der Waals surface area contributed by atoms with Gasteiger partial charge in [-0.05, 0) is 47.0 Å². The molecule has 1 fully saturated rings. The number of carbonyl (C=O) groups excluding carboxylic acids is 2. The predicted octanol–water partition coefficient (Wildman–Crippen LogP) is 3.64. The second-order valence-corrected chi connectivity index (χ2v) is 9.28. The van der Waals surface area contributed by atoms with Crippen LogP contribution in [0.25, 0.3) is 16.8 Å². The van der Waals surface area contributed by atoms with Crippen molar-refractivity contribution in [3.05, 3.63) is 78.1 Å². The predicted molar refractivity (Wildman–Crippen MR) is 128 cm³/mol. The Bertz CT molecular complexity index is 1300. The molecule has 35 heavy (non-hydrogen) atoms. The molecule has 2 heterocycles. The number of aliphatic carboxylic acids is 1. The number of ether oxygens (including phenoxy) is 1. The first kappa shape index (κ1) is 23.8. The Kier molecular flexibility index (Phi) is 6.43. The van der Waals surface area contributed by atoms with Crippen molar-refractivity contribution in [3.63, 3.8) is 0 Å². The Morgan fingerprint density at radius 2 is 1.77 bits per heavy atom. The van der Waals surface area contributed by atoms with Gasteiger partial charge >= 0.3 is 11.9 Å². The molecular formula is C27H25N3O5. The second kappa shape index (κ2) is 9.47. The minimum absolute atomic E-state index is 0.190. The monoisotopic (exact) mass is 471 g/mol. The summed E-state index contributed by atoms with van der Waals surface area (Å²) in [6, 6.07) is 18.0. The summed E-state index contributed by atoms with van der Waals surface area (Å²) in [7, 11) is 0. The lowest BCUT2D eigenvalue weighted by Crippen LogP contribution is -2.48. The van der Waals surface area contributed by atoms with E-state index in [4.69, 9.17) is 10.00 Å². The molecule has 0 spiro atoms. The molecule has 0 saturated carbocycles. The average Bonchev–Trinajstić information content (AvgIpc) is 3.43. The third-order valence-electron chi connectivity index (χ3n) is 6.22. The van der Waals surface area contributed by atoms with Gasteiger partial charge in [-0.2, -0.15) is 5.26 Å². The number of amides is 1. The van der Waals surface area contributed by atoms with Gasteiger partial charge in [0.2, 0.25) is 5.91 Å². The van der Waals surface area contributed by atoms with Gasteiger partial charge < -0.3 is 19.7 Å². The zero-order valence-electron chi connectivity index (χ0n) is 19.4. The highest BCUT2D eigenvalue weighted by Crippen LogP contribution is 2.30. The number of carboxylic acids is 1. The largest absolute Gasteiger partial charge is 0.481 e. The van der Waals surface area contributed by atoms with Crippen LogP contribution in [-0.4, -0.2) is 40.2 Å². The first-order valence-corrected chi connectivity index (χ1v) is 11.2. The van der Waals surface area contributed by atoms with E-state index in [1.807, 2.05) is 54.8 Å². The van der Waals surface area contributed by atoms with Gasteiger partial charge in [0.1, 0.15) is 6.04 Å². The SMILES string of the molecule is CC1(C)COC(=O)[C@H]1NC(=O)C(CC(=O)O)c1ccn(-c2ccc(-c3ccc(C#N)cc3)cc2)c1. The van der Waals surface area contributed by atoms with Crippen LogP contribution in [0.1, 0.15) is 37.3 Å².